The molecule has 0 aromatic carbocycles. The molecule has 7 heteroatoms. The van der Waals surface area contributed by atoms with Crippen molar-refractivity contribution in [2.24, 2.45) is 5.73 Å². The molecular weight excluding hydrogens is 280 g/mol. The summed E-state index contributed by atoms with van der Waals surface area (Å²) in [5.41, 5.74) is 7.66. The molecule has 1 aliphatic rings. The van der Waals surface area contributed by atoms with Crippen LogP contribution in [-0.4, -0.2) is 41.8 Å². The molecule has 0 saturated carbocycles. The van der Waals surface area contributed by atoms with Crippen LogP contribution in [0.1, 0.15) is 5.69 Å². The van der Waals surface area contributed by atoms with Crippen molar-refractivity contribution in [3.8, 4) is 0 Å². The van der Waals surface area contributed by atoms with Gasteiger partial charge in [0.2, 0.25) is 0 Å². The smallest absolute Gasteiger partial charge is 0.258 e. The molecule has 3 rings (SSSR count). The van der Waals surface area contributed by atoms with Crippen LogP contribution in [-0.2, 0) is 0 Å². The van der Waals surface area contributed by atoms with Crippen molar-refractivity contribution in [2.45, 2.75) is 0 Å². The normalized spacial score (nSPS) is 16.0. The number of rotatable bonds is 3. The number of piperazine rings is 1. The van der Waals surface area contributed by atoms with E-state index in [1.54, 1.807) is 0 Å². The van der Waals surface area contributed by atoms with Crippen LogP contribution in [0.5, 0.6) is 0 Å². The summed E-state index contributed by atoms with van der Waals surface area (Å²) in [7, 11) is 0. The Kier molecular flexibility index (Phi) is 3.88. The van der Waals surface area contributed by atoms with Crippen molar-refractivity contribution in [3.63, 3.8) is 0 Å². The maximum absolute atomic E-state index is 12.3. The van der Waals surface area contributed by atoms with Crippen molar-refractivity contribution in [1.29, 1.82) is 5.41 Å². The molecule has 4 N–H and O–H groups in total. The number of hydrogen-bond donors (Lipinski definition) is 3. The second kappa shape index (κ2) is 5.98. The molecule has 0 radical (unpaired) electrons. The largest absolute Gasteiger partial charge is 0.404 e. The van der Waals surface area contributed by atoms with Crippen molar-refractivity contribution in [2.75, 3.05) is 31.1 Å². The van der Waals surface area contributed by atoms with E-state index in [1.165, 1.54) is 16.7 Å². The summed E-state index contributed by atoms with van der Waals surface area (Å²) in [6.45, 7) is 3.71. The van der Waals surface area contributed by atoms with Gasteiger partial charge in [-0.2, -0.15) is 0 Å². The maximum Gasteiger partial charge on any atom is 0.258 e. The molecule has 0 unspecified atom stereocenters. The Morgan fingerprint density at radius 2 is 2.14 bits per heavy atom. The third-order valence-corrected chi connectivity index (χ3v) is 3.76. The van der Waals surface area contributed by atoms with Gasteiger partial charge >= 0.3 is 0 Å². The summed E-state index contributed by atoms with van der Waals surface area (Å²) in [5, 5.41) is 10.6. The molecule has 0 amide bonds. The van der Waals surface area contributed by atoms with E-state index in [1.807, 2.05) is 18.3 Å². The molecule has 0 bridgehead atoms. The van der Waals surface area contributed by atoms with E-state index < -0.39 is 0 Å². The van der Waals surface area contributed by atoms with Gasteiger partial charge in [0.1, 0.15) is 5.65 Å². The van der Waals surface area contributed by atoms with E-state index in [0.29, 0.717) is 16.9 Å². The molecule has 114 valence electrons. The Morgan fingerprint density at radius 1 is 1.36 bits per heavy atom. The predicted octanol–water partition coefficient (Wildman–Crippen LogP) is 0.0533. The fraction of sp³-hybridized carbons (Fsp3) is 0.267. The van der Waals surface area contributed by atoms with Crippen molar-refractivity contribution >= 4 is 23.1 Å². The van der Waals surface area contributed by atoms with Crippen LogP contribution >= 0.6 is 0 Å². The van der Waals surface area contributed by atoms with Gasteiger partial charge in [0.25, 0.3) is 5.56 Å². The standard InChI is InChI=1S/C15H18N6O/c16-8-11(9-17)13-7-15(22)21-10-12(1-2-14(21)19-13)20-5-3-18-4-6-20/h1-2,7-10,16,18H,3-6,17H2/b11-9+,16-8?. The van der Waals surface area contributed by atoms with Gasteiger partial charge in [-0.1, -0.05) is 0 Å². The van der Waals surface area contributed by atoms with Crippen LogP contribution in [0.4, 0.5) is 5.69 Å². The Bertz CT molecular complexity index is 788. The van der Waals surface area contributed by atoms with Gasteiger partial charge < -0.3 is 21.4 Å². The highest BCUT2D eigenvalue weighted by Gasteiger charge is 2.12. The molecule has 0 atom stereocenters. The minimum atomic E-state index is -0.182. The Morgan fingerprint density at radius 3 is 2.82 bits per heavy atom. The third kappa shape index (κ3) is 2.58. The first-order chi connectivity index (χ1) is 10.7. The molecule has 2 aromatic heterocycles. The lowest BCUT2D eigenvalue weighted by atomic mass is 10.2. The second-order valence-electron chi connectivity index (χ2n) is 5.10. The van der Waals surface area contributed by atoms with E-state index in [0.717, 1.165) is 38.1 Å². The second-order valence-corrected chi connectivity index (χ2v) is 5.10. The van der Waals surface area contributed by atoms with Gasteiger partial charge in [-0.3, -0.25) is 9.20 Å². The zero-order valence-electron chi connectivity index (χ0n) is 12.1. The van der Waals surface area contributed by atoms with E-state index in [-0.39, 0.29) is 5.56 Å². The number of nitrogens with one attached hydrogen (secondary N) is 2. The van der Waals surface area contributed by atoms with Gasteiger partial charge in [-0.15, -0.1) is 0 Å². The molecule has 2 aromatic rings. The summed E-state index contributed by atoms with van der Waals surface area (Å²) in [6.07, 6.45) is 4.18. The molecule has 3 heterocycles. The number of pyridine rings is 1. The fourth-order valence-corrected chi connectivity index (χ4v) is 2.56. The number of aromatic nitrogens is 2. The Balaban J connectivity index is 2.06. The lowest BCUT2D eigenvalue weighted by Gasteiger charge is -2.29. The zero-order valence-corrected chi connectivity index (χ0v) is 12.1. The molecular formula is C15H18N6O. The number of fused-ring (bicyclic) bond motifs is 1. The van der Waals surface area contributed by atoms with Crippen molar-refractivity contribution in [3.05, 3.63) is 46.6 Å². The van der Waals surface area contributed by atoms with E-state index in [2.05, 4.69) is 15.2 Å². The third-order valence-electron chi connectivity index (χ3n) is 3.76. The zero-order chi connectivity index (χ0) is 15.5. The number of hydrogen-bond acceptors (Lipinski definition) is 6. The topological polar surface area (TPSA) is 99.5 Å². The predicted molar refractivity (Wildman–Crippen MR) is 87.5 cm³/mol. The first kappa shape index (κ1) is 14.3. The number of nitrogens with two attached hydrogens (primary N) is 1. The minimum Gasteiger partial charge on any atom is -0.404 e. The highest BCUT2D eigenvalue weighted by molar-refractivity contribution is 6.07. The summed E-state index contributed by atoms with van der Waals surface area (Å²) in [4.78, 5) is 19.0. The van der Waals surface area contributed by atoms with Crippen molar-refractivity contribution < 1.29 is 0 Å². The molecule has 22 heavy (non-hydrogen) atoms. The van der Waals surface area contributed by atoms with Gasteiger partial charge in [-0.05, 0) is 12.1 Å². The van der Waals surface area contributed by atoms with E-state index in [9.17, 15) is 4.79 Å². The van der Waals surface area contributed by atoms with Crippen molar-refractivity contribution in [1.82, 2.24) is 14.7 Å². The highest BCUT2D eigenvalue weighted by atomic mass is 16.1. The first-order valence-corrected chi connectivity index (χ1v) is 7.15. The molecule has 1 aliphatic heterocycles. The molecule has 1 saturated heterocycles. The van der Waals surface area contributed by atoms with Gasteiger partial charge in [0.15, 0.2) is 0 Å². The average molecular weight is 298 g/mol. The van der Waals surface area contributed by atoms with E-state index in [4.69, 9.17) is 11.1 Å². The number of allylic oxidation sites excluding steroid dienone is 1. The summed E-state index contributed by atoms with van der Waals surface area (Å²) < 4.78 is 1.53. The quantitative estimate of drug-likeness (QED) is 0.696. The highest BCUT2D eigenvalue weighted by Crippen LogP contribution is 2.16. The van der Waals surface area contributed by atoms with Gasteiger partial charge in [-0.25, -0.2) is 4.98 Å². The molecule has 1 fully saturated rings. The SMILES string of the molecule is N=C/C(=C\N)c1cc(=O)n2cc(N3CCNCC3)ccc2n1. The average Bonchev–Trinajstić information content (AvgIpc) is 2.57. The summed E-state index contributed by atoms with van der Waals surface area (Å²) >= 11 is 0. The summed E-state index contributed by atoms with van der Waals surface area (Å²) in [5.74, 6) is 0. The number of anilines is 1. The molecule has 0 aliphatic carbocycles. The van der Waals surface area contributed by atoms with E-state index >= 15 is 0 Å². The first-order valence-electron chi connectivity index (χ1n) is 7.15. The lowest BCUT2D eigenvalue weighted by Crippen LogP contribution is -2.43. The Hall–Kier alpha value is -2.67. The maximum atomic E-state index is 12.3. The van der Waals surface area contributed by atoms with Crippen LogP contribution in [0, 0.1) is 5.41 Å². The monoisotopic (exact) mass is 298 g/mol. The lowest BCUT2D eigenvalue weighted by molar-refractivity contribution is 0.588. The summed E-state index contributed by atoms with van der Waals surface area (Å²) in [6, 6.07) is 5.19. The van der Waals surface area contributed by atoms with Crippen LogP contribution < -0.4 is 21.5 Å². The molecule has 7 nitrogen and oxygen atoms in total. The molecule has 0 spiro atoms. The van der Waals surface area contributed by atoms with Gasteiger partial charge in [0.05, 0.1) is 11.4 Å². The van der Waals surface area contributed by atoms with Crippen LogP contribution in [0.3, 0.4) is 0 Å². The van der Waals surface area contributed by atoms with Crippen LogP contribution in [0.25, 0.3) is 11.2 Å². The van der Waals surface area contributed by atoms with Gasteiger partial charge in [0, 0.05) is 56.4 Å². The number of nitrogens with zero attached hydrogens (tertiary/aromatic N) is 3. The fourth-order valence-electron chi connectivity index (χ4n) is 2.56. The minimum absolute atomic E-state index is 0.182. The van der Waals surface area contributed by atoms with Crippen LogP contribution in [0.15, 0.2) is 35.4 Å². The Labute approximate surface area is 127 Å². The van der Waals surface area contributed by atoms with Crippen LogP contribution in [0.2, 0.25) is 0 Å².